The predicted molar refractivity (Wildman–Crippen MR) is 183 cm³/mol. The van der Waals surface area contributed by atoms with Crippen molar-refractivity contribution in [3.8, 4) is 33.8 Å². The molecule has 0 radical (unpaired) electrons. The van der Waals surface area contributed by atoms with Gasteiger partial charge in [0.05, 0.1) is 14.2 Å². The number of hydrogen-bond donors (Lipinski definition) is 0. The minimum atomic E-state index is -0.826. The second kappa shape index (κ2) is 15.8. The zero-order valence-corrected chi connectivity index (χ0v) is 29.6. The molecule has 0 aromatic heterocycles. The molecule has 0 saturated carbocycles. The van der Waals surface area contributed by atoms with Gasteiger partial charge in [0, 0.05) is 0 Å². The van der Waals surface area contributed by atoms with Gasteiger partial charge in [-0.3, -0.25) is 0 Å². The van der Waals surface area contributed by atoms with Crippen LogP contribution in [-0.2, 0) is 20.8 Å². The first-order chi connectivity index (χ1) is 20.8. The van der Waals surface area contributed by atoms with Crippen LogP contribution in [0.3, 0.4) is 0 Å². The van der Waals surface area contributed by atoms with E-state index in [1.807, 2.05) is 24.3 Å². The van der Waals surface area contributed by atoms with Gasteiger partial charge in [-0.2, -0.15) is 12.1 Å². The van der Waals surface area contributed by atoms with Crippen LogP contribution in [0.1, 0.15) is 50.7 Å². The van der Waals surface area contributed by atoms with Crippen LogP contribution in [0.4, 0.5) is 0 Å². The van der Waals surface area contributed by atoms with E-state index >= 15 is 0 Å². The summed E-state index contributed by atoms with van der Waals surface area (Å²) >= 11 is -0.826. The SMILES string of the molecule is COc1ccc(-c2cccc3[cH-]c(C(C)C)cc23)cc1.COc1ccc(-c2cccc3[cH-]c(C(C)C)cc23)cc1.[Cl][Zr+2][Cl]. The van der Waals surface area contributed by atoms with Crippen molar-refractivity contribution in [3.63, 3.8) is 0 Å². The summed E-state index contributed by atoms with van der Waals surface area (Å²) in [5.74, 6) is 2.91. The molecular formula is C38H38Cl2O2Zr. The number of ether oxygens (including phenoxy) is 2. The summed E-state index contributed by atoms with van der Waals surface area (Å²) < 4.78 is 10.5. The van der Waals surface area contributed by atoms with E-state index in [0.29, 0.717) is 11.8 Å². The van der Waals surface area contributed by atoms with Crippen molar-refractivity contribution >= 4 is 38.6 Å². The van der Waals surface area contributed by atoms with Gasteiger partial charge in [-0.15, -0.1) is 69.1 Å². The monoisotopic (exact) mass is 686 g/mol. The average Bonchev–Trinajstić information content (AvgIpc) is 3.67. The Hall–Kier alpha value is -2.84. The summed E-state index contributed by atoms with van der Waals surface area (Å²) in [6, 6.07) is 38.8. The van der Waals surface area contributed by atoms with Crippen molar-refractivity contribution in [3.05, 3.63) is 120 Å². The molecule has 0 aliphatic heterocycles. The zero-order valence-electron chi connectivity index (χ0n) is 25.6. The van der Waals surface area contributed by atoms with Crippen molar-refractivity contribution in [2.75, 3.05) is 14.2 Å². The summed E-state index contributed by atoms with van der Waals surface area (Å²) in [7, 11) is 13.3. The standard InChI is InChI=1S/2C19H19O.2ClH.Zr/c2*1-13(2)16-11-15-5-4-6-18(19(15)12-16)14-7-9-17(20-3)10-8-14;;;/h2*4-13H,1-3H3;2*1H;/q2*-1;;;+4/p-2. The van der Waals surface area contributed by atoms with E-state index in [0.717, 1.165) is 11.5 Å². The van der Waals surface area contributed by atoms with Crippen LogP contribution >= 0.6 is 17.0 Å². The first kappa shape index (κ1) is 33.1. The minimum absolute atomic E-state index is 0.561. The van der Waals surface area contributed by atoms with Gasteiger partial charge in [0.2, 0.25) is 0 Å². The Balaban J connectivity index is 0.000000181. The van der Waals surface area contributed by atoms with E-state index in [4.69, 9.17) is 26.5 Å². The van der Waals surface area contributed by atoms with Crippen molar-refractivity contribution < 1.29 is 30.3 Å². The molecule has 0 N–H and O–H groups in total. The summed E-state index contributed by atoms with van der Waals surface area (Å²) in [6.07, 6.45) is 0. The molecule has 0 heterocycles. The third-order valence-electron chi connectivity index (χ3n) is 7.68. The molecule has 5 heteroatoms. The van der Waals surface area contributed by atoms with Crippen LogP contribution < -0.4 is 9.47 Å². The fourth-order valence-corrected chi connectivity index (χ4v) is 5.23. The normalized spacial score (nSPS) is 10.7. The molecule has 0 amide bonds. The summed E-state index contributed by atoms with van der Waals surface area (Å²) in [5, 5.41) is 5.31. The summed E-state index contributed by atoms with van der Waals surface area (Å²) in [6.45, 7) is 8.95. The molecule has 0 aliphatic rings. The van der Waals surface area contributed by atoms with Crippen molar-refractivity contribution in [1.82, 2.24) is 0 Å². The van der Waals surface area contributed by atoms with Gasteiger partial charge in [-0.25, -0.2) is 0 Å². The third-order valence-corrected chi connectivity index (χ3v) is 7.68. The summed E-state index contributed by atoms with van der Waals surface area (Å²) in [4.78, 5) is 0. The molecule has 0 atom stereocenters. The summed E-state index contributed by atoms with van der Waals surface area (Å²) in [5.41, 5.74) is 7.85. The maximum atomic E-state index is 5.23. The molecule has 6 rings (SSSR count). The molecule has 6 aromatic carbocycles. The second-order valence-corrected chi connectivity index (χ2v) is 14.8. The number of rotatable bonds is 6. The number of methoxy groups -OCH3 is 2. The molecule has 0 bridgehead atoms. The van der Waals surface area contributed by atoms with Crippen molar-refractivity contribution in [2.45, 2.75) is 39.5 Å². The van der Waals surface area contributed by atoms with Crippen LogP contribution in [-0.4, -0.2) is 14.2 Å². The van der Waals surface area contributed by atoms with Crippen LogP contribution in [0.15, 0.2) is 109 Å². The van der Waals surface area contributed by atoms with Crippen LogP contribution in [0.25, 0.3) is 43.8 Å². The Labute approximate surface area is 275 Å². The number of benzene rings is 4. The van der Waals surface area contributed by atoms with E-state index in [1.165, 1.54) is 54.9 Å². The number of hydrogen-bond acceptors (Lipinski definition) is 2. The molecule has 43 heavy (non-hydrogen) atoms. The molecule has 0 saturated heterocycles. The van der Waals surface area contributed by atoms with Gasteiger partial charge in [-0.1, -0.05) is 75.2 Å². The van der Waals surface area contributed by atoms with Crippen molar-refractivity contribution in [2.24, 2.45) is 0 Å². The predicted octanol–water partition coefficient (Wildman–Crippen LogP) is 12.1. The Bertz CT molecular complexity index is 1600. The van der Waals surface area contributed by atoms with Crippen LogP contribution in [0, 0.1) is 0 Å². The fraction of sp³-hybridized carbons (Fsp3) is 0.211. The average molecular weight is 689 g/mol. The Morgan fingerprint density at radius 2 is 0.907 bits per heavy atom. The molecule has 6 aromatic rings. The molecule has 220 valence electrons. The number of fused-ring (bicyclic) bond motifs is 2. The maximum absolute atomic E-state index is 5.23. The molecule has 0 fully saturated rings. The quantitative estimate of drug-likeness (QED) is 0.162. The van der Waals surface area contributed by atoms with E-state index in [2.05, 4.69) is 113 Å². The number of halogens is 2. The molecule has 0 aliphatic carbocycles. The van der Waals surface area contributed by atoms with Gasteiger partial charge in [0.15, 0.2) is 0 Å². The fourth-order valence-electron chi connectivity index (χ4n) is 5.23. The van der Waals surface area contributed by atoms with Crippen molar-refractivity contribution in [1.29, 1.82) is 0 Å². The van der Waals surface area contributed by atoms with Gasteiger partial charge >= 0.3 is 37.9 Å². The molecule has 2 nitrogen and oxygen atoms in total. The van der Waals surface area contributed by atoms with E-state index in [9.17, 15) is 0 Å². The third kappa shape index (κ3) is 8.21. The van der Waals surface area contributed by atoms with Gasteiger partial charge in [-0.05, 0) is 47.2 Å². The Morgan fingerprint density at radius 3 is 1.21 bits per heavy atom. The van der Waals surface area contributed by atoms with Crippen LogP contribution in [0.2, 0.25) is 0 Å². The van der Waals surface area contributed by atoms with Gasteiger partial charge < -0.3 is 9.47 Å². The molecule has 0 spiro atoms. The van der Waals surface area contributed by atoms with Gasteiger partial charge in [0.25, 0.3) is 0 Å². The molecule has 0 unspecified atom stereocenters. The van der Waals surface area contributed by atoms with E-state index < -0.39 is 20.8 Å². The zero-order chi connectivity index (χ0) is 30.9. The van der Waals surface area contributed by atoms with Crippen LogP contribution in [0.5, 0.6) is 11.5 Å². The Morgan fingerprint density at radius 1 is 0.558 bits per heavy atom. The van der Waals surface area contributed by atoms with Gasteiger partial charge in [0.1, 0.15) is 11.5 Å². The van der Waals surface area contributed by atoms with E-state index in [1.54, 1.807) is 14.2 Å². The first-order valence-electron chi connectivity index (χ1n) is 14.4. The Kier molecular flexibility index (Phi) is 12.1. The second-order valence-electron chi connectivity index (χ2n) is 11.0. The topological polar surface area (TPSA) is 18.5 Å². The first-order valence-corrected chi connectivity index (χ1v) is 20.8. The molecular weight excluding hydrogens is 651 g/mol. The van der Waals surface area contributed by atoms with E-state index in [-0.39, 0.29) is 0 Å².